The Morgan fingerprint density at radius 1 is 1.10 bits per heavy atom. The number of β-lactam (4-membered cyclic amide) rings is 1. The molecule has 0 aromatic heterocycles. The molecule has 0 unspecified atom stereocenters. The van der Waals surface area contributed by atoms with Crippen LogP contribution in [0.2, 0.25) is 0 Å². The van der Waals surface area contributed by atoms with E-state index in [-0.39, 0.29) is 30.4 Å². The normalized spacial score (nSPS) is 19.9. The number of para-hydroxylation sites is 1. The predicted octanol–water partition coefficient (Wildman–Crippen LogP) is 1.98. The zero-order chi connectivity index (χ0) is 21.8. The lowest BCUT2D eigenvalue weighted by atomic mass is 10.0. The molecule has 0 spiro atoms. The van der Waals surface area contributed by atoms with Crippen molar-refractivity contribution in [1.29, 1.82) is 0 Å². The van der Waals surface area contributed by atoms with Gasteiger partial charge >= 0.3 is 5.97 Å². The van der Waals surface area contributed by atoms with Crippen LogP contribution in [-0.4, -0.2) is 51.6 Å². The Morgan fingerprint density at radius 3 is 2.48 bits per heavy atom. The number of rotatable bonds is 7. The first kappa shape index (κ1) is 20.8. The van der Waals surface area contributed by atoms with Crippen LogP contribution in [-0.2, 0) is 25.7 Å². The summed E-state index contributed by atoms with van der Waals surface area (Å²) in [5.74, 6) is -1.25. The van der Waals surface area contributed by atoms with Gasteiger partial charge in [-0.1, -0.05) is 48.5 Å². The SMILES string of the molecule is O=C(COc1ccccc1)N[C@@H]1C(=O)N2C(C(=O)OCc3ccccc3)=C(O)CS[C@@H]12. The molecule has 9 heteroatoms. The smallest absolute Gasteiger partial charge is 0.358 e. The molecule has 2 heterocycles. The molecule has 0 radical (unpaired) electrons. The van der Waals surface area contributed by atoms with Crippen LogP contribution in [0.4, 0.5) is 0 Å². The van der Waals surface area contributed by atoms with E-state index in [4.69, 9.17) is 9.47 Å². The van der Waals surface area contributed by atoms with Crippen molar-refractivity contribution < 1.29 is 29.0 Å². The Balaban J connectivity index is 1.35. The molecule has 1 saturated heterocycles. The summed E-state index contributed by atoms with van der Waals surface area (Å²) in [4.78, 5) is 38.6. The van der Waals surface area contributed by atoms with Crippen LogP contribution in [0.1, 0.15) is 5.56 Å². The van der Waals surface area contributed by atoms with Gasteiger partial charge in [0, 0.05) is 0 Å². The maximum Gasteiger partial charge on any atom is 0.358 e. The molecular weight excluding hydrogens is 420 g/mol. The minimum absolute atomic E-state index is 0.0211. The molecule has 0 bridgehead atoms. The van der Waals surface area contributed by atoms with Crippen molar-refractivity contribution in [2.75, 3.05) is 12.4 Å². The number of esters is 1. The molecular formula is C22H20N2O6S. The average molecular weight is 440 g/mol. The van der Waals surface area contributed by atoms with Crippen molar-refractivity contribution in [3.8, 4) is 5.75 Å². The van der Waals surface area contributed by atoms with Crippen molar-refractivity contribution in [3.05, 3.63) is 77.7 Å². The number of aliphatic hydroxyl groups is 1. The predicted molar refractivity (Wildman–Crippen MR) is 113 cm³/mol. The summed E-state index contributed by atoms with van der Waals surface area (Å²) in [5, 5.41) is 12.4. The van der Waals surface area contributed by atoms with Crippen molar-refractivity contribution in [2.24, 2.45) is 0 Å². The minimum atomic E-state index is -0.804. The van der Waals surface area contributed by atoms with Gasteiger partial charge in [0.1, 0.15) is 29.5 Å². The van der Waals surface area contributed by atoms with E-state index in [1.54, 1.807) is 36.4 Å². The van der Waals surface area contributed by atoms with Crippen LogP contribution in [0.25, 0.3) is 0 Å². The van der Waals surface area contributed by atoms with Crippen LogP contribution in [0.15, 0.2) is 72.1 Å². The monoisotopic (exact) mass is 440 g/mol. The van der Waals surface area contributed by atoms with Gasteiger partial charge in [-0.2, -0.15) is 0 Å². The molecule has 0 saturated carbocycles. The molecule has 160 valence electrons. The fourth-order valence-corrected chi connectivity index (χ4v) is 4.47. The molecule has 2 atom stereocenters. The van der Waals surface area contributed by atoms with E-state index in [1.807, 2.05) is 24.3 Å². The molecule has 1 fully saturated rings. The lowest BCUT2D eigenvalue weighted by molar-refractivity contribution is -0.154. The molecule has 0 aliphatic carbocycles. The van der Waals surface area contributed by atoms with Gasteiger partial charge < -0.3 is 19.9 Å². The zero-order valence-electron chi connectivity index (χ0n) is 16.4. The van der Waals surface area contributed by atoms with Crippen LogP contribution in [0.3, 0.4) is 0 Å². The molecule has 2 aliphatic heterocycles. The minimum Gasteiger partial charge on any atom is -0.509 e. The third-order valence-corrected chi connectivity index (χ3v) is 6.05. The number of carbonyl (C=O) groups excluding carboxylic acids is 3. The first-order valence-electron chi connectivity index (χ1n) is 9.59. The highest BCUT2D eigenvalue weighted by molar-refractivity contribution is 8.00. The van der Waals surface area contributed by atoms with Gasteiger partial charge in [0.05, 0.1) is 5.75 Å². The summed E-state index contributed by atoms with van der Waals surface area (Å²) in [6, 6.07) is 17.2. The molecule has 31 heavy (non-hydrogen) atoms. The lowest BCUT2D eigenvalue weighted by Gasteiger charge is -2.48. The van der Waals surface area contributed by atoms with Gasteiger partial charge in [0.25, 0.3) is 11.8 Å². The Labute approximate surface area is 182 Å². The third kappa shape index (κ3) is 4.51. The molecule has 2 N–H and O–H groups in total. The summed E-state index contributed by atoms with van der Waals surface area (Å²) in [6.07, 6.45) is 0. The number of fused-ring (bicyclic) bond motifs is 1. The largest absolute Gasteiger partial charge is 0.509 e. The van der Waals surface area contributed by atoms with Gasteiger partial charge in [-0.05, 0) is 17.7 Å². The number of carbonyl (C=O) groups is 3. The first-order chi connectivity index (χ1) is 15.0. The Morgan fingerprint density at radius 2 is 1.77 bits per heavy atom. The number of aliphatic hydroxyl groups excluding tert-OH is 1. The summed E-state index contributed by atoms with van der Waals surface area (Å²) >= 11 is 1.26. The Hall–Kier alpha value is -3.46. The highest BCUT2D eigenvalue weighted by atomic mass is 32.2. The Bertz CT molecular complexity index is 1010. The van der Waals surface area contributed by atoms with E-state index in [2.05, 4.69) is 5.32 Å². The van der Waals surface area contributed by atoms with Crippen LogP contribution >= 0.6 is 11.8 Å². The van der Waals surface area contributed by atoms with Gasteiger partial charge in [-0.25, -0.2) is 4.79 Å². The van der Waals surface area contributed by atoms with Crippen LogP contribution < -0.4 is 10.1 Å². The van der Waals surface area contributed by atoms with E-state index in [0.717, 1.165) is 5.56 Å². The summed E-state index contributed by atoms with van der Waals surface area (Å²) in [7, 11) is 0. The van der Waals surface area contributed by atoms with Crippen molar-refractivity contribution in [3.63, 3.8) is 0 Å². The maximum absolute atomic E-state index is 12.6. The highest BCUT2D eigenvalue weighted by Gasteiger charge is 2.54. The van der Waals surface area contributed by atoms with E-state index in [0.29, 0.717) is 5.75 Å². The van der Waals surface area contributed by atoms with Gasteiger partial charge in [0.15, 0.2) is 12.3 Å². The van der Waals surface area contributed by atoms with Crippen molar-refractivity contribution in [1.82, 2.24) is 10.2 Å². The Kier molecular flexibility index (Phi) is 6.13. The van der Waals surface area contributed by atoms with Crippen molar-refractivity contribution >= 4 is 29.5 Å². The van der Waals surface area contributed by atoms with Crippen molar-refractivity contribution in [2.45, 2.75) is 18.0 Å². The maximum atomic E-state index is 12.6. The quantitative estimate of drug-likeness (QED) is 0.501. The number of hydrogen-bond acceptors (Lipinski definition) is 7. The number of nitrogens with one attached hydrogen (secondary N) is 1. The lowest BCUT2D eigenvalue weighted by Crippen LogP contribution is -2.70. The van der Waals surface area contributed by atoms with Gasteiger partial charge in [-0.15, -0.1) is 11.8 Å². The highest BCUT2D eigenvalue weighted by Crippen LogP contribution is 2.40. The topological polar surface area (TPSA) is 105 Å². The van der Waals surface area contributed by atoms with Crippen LogP contribution in [0, 0.1) is 0 Å². The molecule has 2 aromatic carbocycles. The second kappa shape index (κ2) is 9.13. The fraction of sp³-hybridized carbons (Fsp3) is 0.227. The molecule has 4 rings (SSSR count). The third-order valence-electron chi connectivity index (χ3n) is 4.78. The number of hydrogen-bond donors (Lipinski definition) is 2. The number of amides is 2. The summed E-state index contributed by atoms with van der Waals surface area (Å²) in [5.41, 5.74) is 0.617. The van der Waals surface area contributed by atoms with E-state index < -0.39 is 29.2 Å². The molecule has 2 amide bonds. The zero-order valence-corrected chi connectivity index (χ0v) is 17.2. The standard InChI is InChI=1S/C22H20N2O6S/c25-16-13-31-21-18(23-17(26)12-29-15-9-5-2-6-10-15)20(27)24(21)19(16)22(28)30-11-14-7-3-1-4-8-14/h1-10,18,21,25H,11-13H2,(H,23,26)/t18-,21+/m1/s1. The molecule has 2 aromatic rings. The summed E-state index contributed by atoms with van der Waals surface area (Å²) < 4.78 is 10.7. The van der Waals surface area contributed by atoms with E-state index >= 15 is 0 Å². The average Bonchev–Trinajstić information content (AvgIpc) is 2.80. The first-order valence-corrected chi connectivity index (χ1v) is 10.6. The van der Waals surface area contributed by atoms with Gasteiger partial charge in [0.2, 0.25) is 0 Å². The number of nitrogens with zero attached hydrogens (tertiary/aromatic N) is 1. The number of thioether (sulfide) groups is 1. The number of benzene rings is 2. The van der Waals surface area contributed by atoms with E-state index in [9.17, 15) is 19.5 Å². The van der Waals surface area contributed by atoms with E-state index in [1.165, 1.54) is 16.7 Å². The summed E-state index contributed by atoms with van der Waals surface area (Å²) in [6.45, 7) is -0.217. The second-order valence-electron chi connectivity index (χ2n) is 6.91. The number of ether oxygens (including phenoxy) is 2. The molecule has 2 aliphatic rings. The fourth-order valence-electron chi connectivity index (χ4n) is 3.27. The second-order valence-corrected chi connectivity index (χ2v) is 8.02. The molecule has 8 nitrogen and oxygen atoms in total. The van der Waals surface area contributed by atoms with Gasteiger partial charge in [-0.3, -0.25) is 14.5 Å². The van der Waals surface area contributed by atoms with Crippen LogP contribution in [0.5, 0.6) is 5.75 Å².